The molecule has 1 aromatic heterocycles. The highest BCUT2D eigenvalue weighted by Crippen LogP contribution is 2.19. The van der Waals surface area contributed by atoms with Crippen molar-refractivity contribution in [3.63, 3.8) is 0 Å². The second kappa shape index (κ2) is 14.1. The van der Waals surface area contributed by atoms with Crippen molar-refractivity contribution in [2.24, 2.45) is 0 Å². The van der Waals surface area contributed by atoms with E-state index in [1.807, 2.05) is 60.8 Å². The SMILES string of the molecule is O=C(CO)CCCCCNC(=O)[C@H](Cc1c[nH]c2ccccc12)NC(=O)CCCc1ccccc1. The van der Waals surface area contributed by atoms with E-state index in [0.29, 0.717) is 38.6 Å². The largest absolute Gasteiger partial charge is 0.389 e. The highest BCUT2D eigenvalue weighted by Gasteiger charge is 2.22. The van der Waals surface area contributed by atoms with Gasteiger partial charge in [0.05, 0.1) is 0 Å². The number of Topliss-reactive ketones (excluding diaryl/α,β-unsaturated/α-hetero) is 1. The van der Waals surface area contributed by atoms with Crippen molar-refractivity contribution in [3.05, 3.63) is 71.9 Å². The summed E-state index contributed by atoms with van der Waals surface area (Å²) in [5.74, 6) is -0.510. The molecule has 4 N–H and O–H groups in total. The molecule has 1 atom stereocenters. The Bertz CT molecular complexity index is 1090. The van der Waals surface area contributed by atoms with Crippen molar-refractivity contribution in [2.45, 2.75) is 57.4 Å². The van der Waals surface area contributed by atoms with Crippen molar-refractivity contribution < 1.29 is 19.5 Å². The minimum absolute atomic E-state index is 0.136. The number of H-pyrrole nitrogens is 1. The Kier molecular flexibility index (Phi) is 10.5. The van der Waals surface area contributed by atoms with Gasteiger partial charge in [-0.3, -0.25) is 14.4 Å². The molecule has 0 aliphatic rings. The number of aliphatic hydroxyl groups excluding tert-OH is 1. The average molecular weight is 478 g/mol. The molecule has 35 heavy (non-hydrogen) atoms. The smallest absolute Gasteiger partial charge is 0.242 e. The summed E-state index contributed by atoms with van der Waals surface area (Å²) in [7, 11) is 0. The van der Waals surface area contributed by atoms with Crippen LogP contribution in [-0.2, 0) is 27.2 Å². The van der Waals surface area contributed by atoms with E-state index in [1.165, 1.54) is 5.56 Å². The average Bonchev–Trinajstić information content (AvgIpc) is 3.28. The summed E-state index contributed by atoms with van der Waals surface area (Å²) in [5, 5.41) is 15.7. The molecule has 0 unspecified atom stereocenters. The van der Waals surface area contributed by atoms with Crippen molar-refractivity contribution in [3.8, 4) is 0 Å². The normalized spacial score (nSPS) is 11.8. The van der Waals surface area contributed by atoms with Gasteiger partial charge < -0.3 is 20.7 Å². The van der Waals surface area contributed by atoms with Crippen LogP contribution in [0.25, 0.3) is 10.9 Å². The molecule has 0 radical (unpaired) electrons. The quantitative estimate of drug-likeness (QED) is 0.251. The predicted octanol–water partition coefficient (Wildman–Crippen LogP) is 3.46. The molecule has 0 saturated carbocycles. The third kappa shape index (κ3) is 8.68. The van der Waals surface area contributed by atoms with E-state index in [-0.39, 0.29) is 17.6 Å². The van der Waals surface area contributed by atoms with Crippen LogP contribution in [0.5, 0.6) is 0 Å². The molecule has 0 bridgehead atoms. The lowest BCUT2D eigenvalue weighted by molar-refractivity contribution is -0.129. The van der Waals surface area contributed by atoms with Gasteiger partial charge in [0, 0.05) is 42.9 Å². The Morgan fingerprint density at radius 3 is 2.46 bits per heavy atom. The number of hydrogen-bond donors (Lipinski definition) is 4. The summed E-state index contributed by atoms with van der Waals surface area (Å²) in [5.41, 5.74) is 3.16. The molecule has 1 heterocycles. The number of ketones is 1. The fourth-order valence-electron chi connectivity index (χ4n) is 4.13. The molecule has 0 aliphatic heterocycles. The molecular weight excluding hydrogens is 442 g/mol. The van der Waals surface area contributed by atoms with Crippen molar-refractivity contribution >= 4 is 28.5 Å². The number of carbonyl (C=O) groups excluding carboxylic acids is 3. The number of hydrogen-bond acceptors (Lipinski definition) is 4. The van der Waals surface area contributed by atoms with Gasteiger partial charge in [0.25, 0.3) is 0 Å². The number of aromatic nitrogens is 1. The Morgan fingerprint density at radius 2 is 1.66 bits per heavy atom. The van der Waals surface area contributed by atoms with Gasteiger partial charge >= 0.3 is 0 Å². The maximum Gasteiger partial charge on any atom is 0.242 e. The minimum atomic E-state index is -0.672. The van der Waals surface area contributed by atoms with Gasteiger partial charge in [-0.2, -0.15) is 0 Å². The highest BCUT2D eigenvalue weighted by molar-refractivity contribution is 5.89. The van der Waals surface area contributed by atoms with Crippen LogP contribution in [-0.4, -0.2) is 46.9 Å². The van der Waals surface area contributed by atoms with Crippen LogP contribution in [0, 0.1) is 0 Å². The number of carbonyl (C=O) groups is 3. The third-order valence-electron chi connectivity index (χ3n) is 6.07. The molecule has 7 heteroatoms. The van der Waals surface area contributed by atoms with Crippen LogP contribution in [0.3, 0.4) is 0 Å². The molecule has 0 aliphatic carbocycles. The standard InChI is InChI=1S/C28H35N3O4/c32-20-23(33)13-5-2-8-17-29-28(35)26(18-22-19-30-25-15-7-6-14-24(22)25)31-27(34)16-9-12-21-10-3-1-4-11-21/h1,3-4,6-7,10-11,14-15,19,26,30,32H,2,5,8-9,12-13,16-18,20H2,(H,29,35)(H,31,34)/t26-/m0/s1. The lowest BCUT2D eigenvalue weighted by atomic mass is 10.0. The zero-order valence-corrected chi connectivity index (χ0v) is 20.1. The number of unbranched alkanes of at least 4 members (excludes halogenated alkanes) is 2. The van der Waals surface area contributed by atoms with Crippen LogP contribution in [0.4, 0.5) is 0 Å². The fraction of sp³-hybridized carbons (Fsp3) is 0.393. The number of aliphatic hydroxyl groups is 1. The predicted molar refractivity (Wildman–Crippen MR) is 137 cm³/mol. The zero-order chi connectivity index (χ0) is 24.9. The molecule has 3 aromatic rings. The summed E-state index contributed by atoms with van der Waals surface area (Å²) in [6, 6.07) is 17.3. The highest BCUT2D eigenvalue weighted by atomic mass is 16.3. The molecule has 186 valence electrons. The van der Waals surface area contributed by atoms with E-state index < -0.39 is 12.6 Å². The molecule has 0 fully saturated rings. The number of aromatic amines is 1. The molecule has 0 saturated heterocycles. The first kappa shape index (κ1) is 26.2. The van der Waals surface area contributed by atoms with E-state index in [9.17, 15) is 14.4 Å². The van der Waals surface area contributed by atoms with Gasteiger partial charge in [-0.05, 0) is 42.9 Å². The lowest BCUT2D eigenvalue weighted by Gasteiger charge is -2.18. The summed E-state index contributed by atoms with van der Waals surface area (Å²) in [6.45, 7) is 0.0533. The summed E-state index contributed by atoms with van der Waals surface area (Å²) in [4.78, 5) is 40.1. The molecule has 3 rings (SSSR count). The van der Waals surface area contributed by atoms with E-state index >= 15 is 0 Å². The number of amides is 2. The van der Waals surface area contributed by atoms with Gasteiger partial charge in [-0.25, -0.2) is 0 Å². The molecule has 2 aromatic carbocycles. The lowest BCUT2D eigenvalue weighted by Crippen LogP contribution is -2.48. The van der Waals surface area contributed by atoms with E-state index in [2.05, 4.69) is 15.6 Å². The van der Waals surface area contributed by atoms with Crippen LogP contribution >= 0.6 is 0 Å². The number of fused-ring (bicyclic) bond motifs is 1. The van der Waals surface area contributed by atoms with Crippen LogP contribution in [0.1, 0.15) is 49.7 Å². The van der Waals surface area contributed by atoms with E-state index in [0.717, 1.165) is 35.7 Å². The van der Waals surface area contributed by atoms with E-state index in [4.69, 9.17) is 5.11 Å². The van der Waals surface area contributed by atoms with Gasteiger partial charge in [0.1, 0.15) is 12.6 Å². The molecule has 2 amide bonds. The number of para-hydroxylation sites is 1. The maximum atomic E-state index is 13.0. The van der Waals surface area contributed by atoms with Crippen molar-refractivity contribution in [1.82, 2.24) is 15.6 Å². The molecule has 0 spiro atoms. The Balaban J connectivity index is 1.54. The number of nitrogens with one attached hydrogen (secondary N) is 3. The third-order valence-corrected chi connectivity index (χ3v) is 6.07. The fourth-order valence-corrected chi connectivity index (χ4v) is 4.13. The number of rotatable bonds is 15. The van der Waals surface area contributed by atoms with Gasteiger partial charge in [0.15, 0.2) is 5.78 Å². The first-order chi connectivity index (χ1) is 17.1. The Labute approximate surface area is 206 Å². The second-order valence-electron chi connectivity index (χ2n) is 8.82. The van der Waals surface area contributed by atoms with Crippen LogP contribution < -0.4 is 10.6 Å². The van der Waals surface area contributed by atoms with Gasteiger partial charge in [0.2, 0.25) is 11.8 Å². The maximum absolute atomic E-state index is 13.0. The number of benzene rings is 2. The topological polar surface area (TPSA) is 111 Å². The first-order valence-electron chi connectivity index (χ1n) is 12.4. The Hall–Kier alpha value is -3.45. The van der Waals surface area contributed by atoms with Crippen LogP contribution in [0.15, 0.2) is 60.8 Å². The van der Waals surface area contributed by atoms with Gasteiger partial charge in [-0.1, -0.05) is 55.0 Å². The molecular formula is C28H35N3O4. The van der Waals surface area contributed by atoms with Gasteiger partial charge in [-0.15, -0.1) is 0 Å². The van der Waals surface area contributed by atoms with Crippen molar-refractivity contribution in [2.75, 3.05) is 13.2 Å². The van der Waals surface area contributed by atoms with E-state index in [1.54, 1.807) is 0 Å². The Morgan fingerprint density at radius 1 is 0.886 bits per heavy atom. The minimum Gasteiger partial charge on any atom is -0.389 e. The second-order valence-corrected chi connectivity index (χ2v) is 8.82. The number of aryl methyl sites for hydroxylation is 1. The molecule has 7 nitrogen and oxygen atoms in total. The first-order valence-corrected chi connectivity index (χ1v) is 12.4. The summed E-state index contributed by atoms with van der Waals surface area (Å²) >= 11 is 0. The monoisotopic (exact) mass is 477 g/mol. The van der Waals surface area contributed by atoms with Crippen LogP contribution in [0.2, 0.25) is 0 Å². The zero-order valence-electron chi connectivity index (χ0n) is 20.1. The summed E-state index contributed by atoms with van der Waals surface area (Å²) in [6.07, 6.45) is 6.72. The van der Waals surface area contributed by atoms with Crippen molar-refractivity contribution in [1.29, 1.82) is 0 Å². The summed E-state index contributed by atoms with van der Waals surface area (Å²) < 4.78 is 0.